The highest BCUT2D eigenvalue weighted by Gasteiger charge is 2.45. The van der Waals surface area contributed by atoms with Gasteiger partial charge in [0.2, 0.25) is 0 Å². The van der Waals surface area contributed by atoms with Crippen molar-refractivity contribution < 1.29 is 18.3 Å². The second-order valence-corrected chi connectivity index (χ2v) is 7.38. The maximum Gasteiger partial charge on any atom is 0.416 e. The molecule has 1 fully saturated rings. The summed E-state index contributed by atoms with van der Waals surface area (Å²) in [6.07, 6.45) is -4.36. The van der Waals surface area contributed by atoms with Gasteiger partial charge in [0.05, 0.1) is 11.2 Å². The molecule has 0 unspecified atom stereocenters. The average Bonchev–Trinajstić information content (AvgIpc) is 2.60. The Morgan fingerprint density at radius 2 is 1.50 bits per heavy atom. The topological polar surface area (TPSA) is 23.5 Å². The standard InChI is InChI=1S/C21H24F3NO/c1-15-12-25(14-17-6-4-3-5-7-17)13-16(2)20(15,26)18-8-10-19(11-9-18)21(22,23)24/h3-11,15-16,26H,12-14H2,1-2H3/t15-,16+,20+. The Labute approximate surface area is 152 Å². The summed E-state index contributed by atoms with van der Waals surface area (Å²) in [5, 5.41) is 11.3. The van der Waals surface area contributed by atoms with Crippen molar-refractivity contribution in [3.8, 4) is 0 Å². The van der Waals surface area contributed by atoms with Crippen LogP contribution >= 0.6 is 0 Å². The van der Waals surface area contributed by atoms with Crippen LogP contribution in [0.1, 0.15) is 30.5 Å². The lowest BCUT2D eigenvalue weighted by Gasteiger charge is -2.48. The summed E-state index contributed by atoms with van der Waals surface area (Å²) in [4.78, 5) is 2.29. The molecule has 1 saturated heterocycles. The van der Waals surface area contributed by atoms with Crippen molar-refractivity contribution in [3.05, 3.63) is 71.3 Å². The van der Waals surface area contributed by atoms with Crippen molar-refractivity contribution in [3.63, 3.8) is 0 Å². The summed E-state index contributed by atoms with van der Waals surface area (Å²) in [6, 6.07) is 15.1. The molecule has 1 aliphatic heterocycles. The van der Waals surface area contributed by atoms with Crippen LogP contribution in [0.15, 0.2) is 54.6 Å². The van der Waals surface area contributed by atoms with E-state index in [4.69, 9.17) is 0 Å². The van der Waals surface area contributed by atoms with Crippen LogP contribution in [-0.4, -0.2) is 23.1 Å². The highest BCUT2D eigenvalue weighted by Crippen LogP contribution is 2.42. The smallest absolute Gasteiger partial charge is 0.385 e. The monoisotopic (exact) mass is 363 g/mol. The molecule has 0 amide bonds. The predicted octanol–water partition coefficient (Wildman–Crippen LogP) is 4.68. The van der Waals surface area contributed by atoms with Crippen molar-refractivity contribution in [1.82, 2.24) is 4.90 Å². The Kier molecular flexibility index (Phi) is 5.13. The van der Waals surface area contributed by atoms with E-state index in [-0.39, 0.29) is 11.8 Å². The Hall–Kier alpha value is -1.85. The molecule has 0 bridgehead atoms. The summed E-state index contributed by atoms with van der Waals surface area (Å²) < 4.78 is 38.4. The van der Waals surface area contributed by atoms with Crippen molar-refractivity contribution in [2.24, 2.45) is 11.8 Å². The Morgan fingerprint density at radius 1 is 0.962 bits per heavy atom. The van der Waals surface area contributed by atoms with Gasteiger partial charge in [0, 0.05) is 31.5 Å². The van der Waals surface area contributed by atoms with Crippen LogP contribution in [0.4, 0.5) is 13.2 Å². The third kappa shape index (κ3) is 3.64. The zero-order chi connectivity index (χ0) is 18.9. The number of hydrogen-bond donors (Lipinski definition) is 1. The average molecular weight is 363 g/mol. The van der Waals surface area contributed by atoms with Crippen molar-refractivity contribution in [2.75, 3.05) is 13.1 Å². The fourth-order valence-corrected chi connectivity index (χ4v) is 4.08. The van der Waals surface area contributed by atoms with E-state index in [0.717, 1.165) is 18.7 Å². The second kappa shape index (κ2) is 7.05. The maximum atomic E-state index is 12.8. The van der Waals surface area contributed by atoms with Gasteiger partial charge in [0.25, 0.3) is 0 Å². The van der Waals surface area contributed by atoms with E-state index in [1.165, 1.54) is 17.7 Å². The Morgan fingerprint density at radius 3 is 2.00 bits per heavy atom. The van der Waals surface area contributed by atoms with Gasteiger partial charge in [0.1, 0.15) is 0 Å². The molecule has 0 saturated carbocycles. The summed E-state index contributed by atoms with van der Waals surface area (Å²) in [5.41, 5.74) is -0.0412. The Balaban J connectivity index is 1.78. The molecule has 26 heavy (non-hydrogen) atoms. The molecule has 2 aromatic rings. The molecule has 5 heteroatoms. The first-order chi connectivity index (χ1) is 12.2. The lowest BCUT2D eigenvalue weighted by molar-refractivity contribution is -0.137. The van der Waals surface area contributed by atoms with E-state index in [1.54, 1.807) is 0 Å². The zero-order valence-corrected chi connectivity index (χ0v) is 15.0. The number of benzene rings is 2. The molecule has 2 nitrogen and oxygen atoms in total. The highest BCUT2D eigenvalue weighted by molar-refractivity contribution is 5.30. The summed E-state index contributed by atoms with van der Waals surface area (Å²) >= 11 is 0. The normalized spacial score (nSPS) is 27.5. The van der Waals surface area contributed by atoms with Crippen LogP contribution in [-0.2, 0) is 18.3 Å². The van der Waals surface area contributed by atoms with E-state index >= 15 is 0 Å². The maximum absolute atomic E-state index is 12.8. The molecule has 1 heterocycles. The van der Waals surface area contributed by atoms with Gasteiger partial charge in [-0.3, -0.25) is 4.90 Å². The molecule has 3 atom stereocenters. The van der Waals surface area contributed by atoms with Crippen LogP contribution in [0.5, 0.6) is 0 Å². The number of likely N-dealkylation sites (tertiary alicyclic amines) is 1. The van der Waals surface area contributed by atoms with Gasteiger partial charge >= 0.3 is 6.18 Å². The molecule has 0 radical (unpaired) electrons. The quantitative estimate of drug-likeness (QED) is 0.856. The van der Waals surface area contributed by atoms with Crippen LogP contribution in [0.2, 0.25) is 0 Å². The van der Waals surface area contributed by atoms with E-state index in [0.29, 0.717) is 18.7 Å². The number of hydrogen-bond acceptors (Lipinski definition) is 2. The number of alkyl halides is 3. The molecule has 140 valence electrons. The number of nitrogens with zero attached hydrogens (tertiary/aromatic N) is 1. The highest BCUT2D eigenvalue weighted by atomic mass is 19.4. The van der Waals surface area contributed by atoms with E-state index < -0.39 is 17.3 Å². The fourth-order valence-electron chi connectivity index (χ4n) is 4.08. The Bertz CT molecular complexity index is 715. The SMILES string of the molecule is C[C@@H]1CN(Cc2ccccc2)C[C@H](C)[C@]1(O)c1ccc(C(F)(F)F)cc1. The number of halogens is 3. The van der Waals surface area contributed by atoms with Gasteiger partial charge in [-0.2, -0.15) is 13.2 Å². The van der Waals surface area contributed by atoms with Crippen LogP contribution in [0, 0.1) is 11.8 Å². The zero-order valence-electron chi connectivity index (χ0n) is 15.0. The summed E-state index contributed by atoms with van der Waals surface area (Å²) in [5.74, 6) is -0.182. The van der Waals surface area contributed by atoms with Crippen LogP contribution < -0.4 is 0 Å². The molecule has 3 rings (SSSR count). The molecular formula is C21H24F3NO. The lowest BCUT2D eigenvalue weighted by atomic mass is 9.70. The van der Waals surface area contributed by atoms with Crippen LogP contribution in [0.25, 0.3) is 0 Å². The molecule has 2 aromatic carbocycles. The minimum Gasteiger partial charge on any atom is -0.385 e. The molecular weight excluding hydrogens is 339 g/mol. The minimum atomic E-state index is -4.36. The molecule has 0 aromatic heterocycles. The number of aliphatic hydroxyl groups is 1. The molecule has 1 aliphatic rings. The first-order valence-electron chi connectivity index (χ1n) is 8.87. The summed E-state index contributed by atoms with van der Waals surface area (Å²) in [7, 11) is 0. The van der Waals surface area contributed by atoms with Gasteiger partial charge in [0.15, 0.2) is 0 Å². The fraction of sp³-hybridized carbons (Fsp3) is 0.429. The number of rotatable bonds is 3. The van der Waals surface area contributed by atoms with Crippen molar-refractivity contribution in [2.45, 2.75) is 32.2 Å². The first kappa shape index (κ1) is 18.9. The van der Waals surface area contributed by atoms with Gasteiger partial charge in [-0.25, -0.2) is 0 Å². The van der Waals surface area contributed by atoms with E-state index in [9.17, 15) is 18.3 Å². The molecule has 0 aliphatic carbocycles. The van der Waals surface area contributed by atoms with Gasteiger partial charge in [-0.05, 0) is 23.3 Å². The molecule has 0 spiro atoms. The third-order valence-electron chi connectivity index (χ3n) is 5.49. The van der Waals surface area contributed by atoms with Gasteiger partial charge in [-0.1, -0.05) is 56.3 Å². The van der Waals surface area contributed by atoms with Crippen molar-refractivity contribution >= 4 is 0 Å². The lowest BCUT2D eigenvalue weighted by Crippen LogP contribution is -2.54. The van der Waals surface area contributed by atoms with Crippen molar-refractivity contribution in [1.29, 1.82) is 0 Å². The largest absolute Gasteiger partial charge is 0.416 e. The third-order valence-corrected chi connectivity index (χ3v) is 5.49. The first-order valence-corrected chi connectivity index (χ1v) is 8.87. The molecule has 1 N–H and O–H groups in total. The van der Waals surface area contributed by atoms with E-state index in [1.807, 2.05) is 32.0 Å². The predicted molar refractivity (Wildman–Crippen MR) is 95.4 cm³/mol. The van der Waals surface area contributed by atoms with E-state index in [2.05, 4.69) is 17.0 Å². The van der Waals surface area contributed by atoms with Crippen LogP contribution in [0.3, 0.4) is 0 Å². The van der Waals surface area contributed by atoms with Gasteiger partial charge in [-0.15, -0.1) is 0 Å². The number of piperidine rings is 1. The second-order valence-electron chi connectivity index (χ2n) is 7.38. The summed E-state index contributed by atoms with van der Waals surface area (Å²) in [6.45, 7) is 6.11. The minimum absolute atomic E-state index is 0.0910. The van der Waals surface area contributed by atoms with Gasteiger partial charge < -0.3 is 5.11 Å².